The zero-order valence-corrected chi connectivity index (χ0v) is 14.9. The summed E-state index contributed by atoms with van der Waals surface area (Å²) in [5.74, 6) is 0.489. The van der Waals surface area contributed by atoms with Crippen LogP contribution in [0.25, 0.3) is 11.5 Å². The molecule has 1 aromatic carbocycles. The fourth-order valence-electron chi connectivity index (χ4n) is 2.29. The molecule has 0 unspecified atom stereocenters. The van der Waals surface area contributed by atoms with E-state index in [2.05, 4.69) is 15.3 Å². The molecular formula is C18H18N4O5. The van der Waals surface area contributed by atoms with E-state index in [1.807, 2.05) is 6.92 Å². The summed E-state index contributed by atoms with van der Waals surface area (Å²) in [7, 11) is 1.58. The third kappa shape index (κ3) is 4.38. The monoisotopic (exact) mass is 370 g/mol. The second-order valence-corrected chi connectivity index (χ2v) is 5.59. The van der Waals surface area contributed by atoms with Crippen molar-refractivity contribution in [2.75, 3.05) is 7.11 Å². The highest BCUT2D eigenvalue weighted by molar-refractivity contribution is 5.86. The SMILES string of the molecule is CCCn1nc(C(=O)OCc2nnc(-c3ccc(OC)cc3)o2)ccc1=O. The van der Waals surface area contributed by atoms with Crippen molar-refractivity contribution >= 4 is 5.97 Å². The van der Waals surface area contributed by atoms with Gasteiger partial charge in [0.25, 0.3) is 11.4 Å². The van der Waals surface area contributed by atoms with Crippen LogP contribution in [0, 0.1) is 0 Å². The molecule has 0 aliphatic carbocycles. The standard InChI is InChI=1S/C18H18N4O5/c1-3-10-22-16(23)9-8-14(21-22)18(24)26-11-15-19-20-17(27-15)12-4-6-13(25-2)7-5-12/h4-9H,3,10-11H2,1-2H3. The van der Waals surface area contributed by atoms with Crippen LogP contribution < -0.4 is 10.3 Å². The van der Waals surface area contributed by atoms with Crippen molar-refractivity contribution in [2.24, 2.45) is 0 Å². The maximum absolute atomic E-state index is 12.1. The Kier molecular flexibility index (Phi) is 5.60. The number of aromatic nitrogens is 4. The van der Waals surface area contributed by atoms with Gasteiger partial charge in [0.2, 0.25) is 5.89 Å². The Morgan fingerprint density at radius 1 is 1.15 bits per heavy atom. The minimum absolute atomic E-state index is 0.0398. The van der Waals surface area contributed by atoms with Gasteiger partial charge in [-0.1, -0.05) is 6.92 Å². The lowest BCUT2D eigenvalue weighted by molar-refractivity contribution is 0.0428. The molecule has 0 aliphatic rings. The zero-order chi connectivity index (χ0) is 19.2. The molecule has 0 radical (unpaired) electrons. The average molecular weight is 370 g/mol. The van der Waals surface area contributed by atoms with Crippen molar-refractivity contribution in [3.05, 3.63) is 58.3 Å². The summed E-state index contributed by atoms with van der Waals surface area (Å²) in [5.41, 5.74) is 0.488. The summed E-state index contributed by atoms with van der Waals surface area (Å²) in [4.78, 5) is 23.8. The van der Waals surface area contributed by atoms with Crippen molar-refractivity contribution < 1.29 is 18.7 Å². The first kappa shape index (κ1) is 18.3. The quantitative estimate of drug-likeness (QED) is 0.581. The molecule has 0 aliphatic heterocycles. The molecule has 2 aromatic heterocycles. The van der Waals surface area contributed by atoms with Crippen LogP contribution in [0.15, 0.2) is 45.6 Å². The molecule has 2 heterocycles. The van der Waals surface area contributed by atoms with Crippen LogP contribution in [0.4, 0.5) is 0 Å². The maximum atomic E-state index is 12.1. The Bertz CT molecular complexity index is 978. The van der Waals surface area contributed by atoms with Gasteiger partial charge in [-0.25, -0.2) is 9.48 Å². The fourth-order valence-corrected chi connectivity index (χ4v) is 2.29. The van der Waals surface area contributed by atoms with Gasteiger partial charge in [0.15, 0.2) is 12.3 Å². The summed E-state index contributed by atoms with van der Waals surface area (Å²) < 4.78 is 17.0. The van der Waals surface area contributed by atoms with E-state index in [0.717, 1.165) is 6.42 Å². The van der Waals surface area contributed by atoms with Gasteiger partial charge in [-0.3, -0.25) is 4.79 Å². The van der Waals surface area contributed by atoms with Gasteiger partial charge in [0.1, 0.15) is 5.75 Å². The molecule has 140 valence electrons. The van der Waals surface area contributed by atoms with Crippen molar-refractivity contribution in [2.45, 2.75) is 26.5 Å². The highest BCUT2D eigenvalue weighted by Gasteiger charge is 2.14. The van der Waals surface area contributed by atoms with Crippen LogP contribution in [-0.4, -0.2) is 33.1 Å². The lowest BCUT2D eigenvalue weighted by Crippen LogP contribution is -2.24. The van der Waals surface area contributed by atoms with E-state index in [1.54, 1.807) is 31.4 Å². The summed E-state index contributed by atoms with van der Waals surface area (Å²) in [6.45, 7) is 2.14. The lowest BCUT2D eigenvalue weighted by atomic mass is 10.2. The highest BCUT2D eigenvalue weighted by Crippen LogP contribution is 2.21. The Balaban J connectivity index is 1.65. The smallest absolute Gasteiger partial charge is 0.359 e. The third-order valence-electron chi connectivity index (χ3n) is 3.64. The predicted octanol–water partition coefficient (Wildman–Crippen LogP) is 2.07. The molecule has 3 aromatic rings. The number of rotatable bonds is 7. The van der Waals surface area contributed by atoms with Crippen molar-refractivity contribution in [1.82, 2.24) is 20.0 Å². The highest BCUT2D eigenvalue weighted by atomic mass is 16.5. The van der Waals surface area contributed by atoms with Crippen LogP contribution in [0.5, 0.6) is 5.75 Å². The Labute approximate surface area is 154 Å². The molecule has 0 N–H and O–H groups in total. The van der Waals surface area contributed by atoms with Crippen LogP contribution in [0.1, 0.15) is 29.7 Å². The topological polar surface area (TPSA) is 109 Å². The van der Waals surface area contributed by atoms with E-state index < -0.39 is 5.97 Å². The van der Waals surface area contributed by atoms with Gasteiger partial charge < -0.3 is 13.9 Å². The fraction of sp³-hybridized carbons (Fsp3) is 0.278. The van der Waals surface area contributed by atoms with Gasteiger partial charge in [-0.15, -0.1) is 10.2 Å². The van der Waals surface area contributed by atoms with E-state index in [0.29, 0.717) is 23.7 Å². The summed E-state index contributed by atoms with van der Waals surface area (Å²) in [6, 6.07) is 9.72. The molecule has 9 heteroatoms. The predicted molar refractivity (Wildman–Crippen MR) is 94.2 cm³/mol. The normalized spacial score (nSPS) is 10.6. The van der Waals surface area contributed by atoms with Gasteiger partial charge in [-0.05, 0) is 36.8 Å². The number of carbonyl (C=O) groups excluding carboxylic acids is 1. The van der Waals surface area contributed by atoms with Crippen molar-refractivity contribution in [3.8, 4) is 17.2 Å². The number of benzene rings is 1. The molecular weight excluding hydrogens is 352 g/mol. The molecule has 9 nitrogen and oxygen atoms in total. The number of esters is 1. The third-order valence-corrected chi connectivity index (χ3v) is 3.64. The molecule has 0 bridgehead atoms. The van der Waals surface area contributed by atoms with Gasteiger partial charge >= 0.3 is 5.97 Å². The summed E-state index contributed by atoms with van der Waals surface area (Å²) >= 11 is 0. The van der Waals surface area contributed by atoms with Crippen LogP contribution in [-0.2, 0) is 17.9 Å². The molecule has 0 amide bonds. The minimum atomic E-state index is -0.677. The maximum Gasteiger partial charge on any atom is 0.359 e. The number of hydrogen-bond donors (Lipinski definition) is 0. The molecule has 0 spiro atoms. The van der Waals surface area contributed by atoms with E-state index in [4.69, 9.17) is 13.9 Å². The van der Waals surface area contributed by atoms with Crippen molar-refractivity contribution in [1.29, 1.82) is 0 Å². The van der Waals surface area contributed by atoms with E-state index in [-0.39, 0.29) is 23.8 Å². The van der Waals surface area contributed by atoms with E-state index in [9.17, 15) is 9.59 Å². The van der Waals surface area contributed by atoms with Gasteiger partial charge in [0, 0.05) is 18.2 Å². The first-order valence-corrected chi connectivity index (χ1v) is 8.33. The van der Waals surface area contributed by atoms with E-state index in [1.165, 1.54) is 16.8 Å². The molecule has 27 heavy (non-hydrogen) atoms. The lowest BCUT2D eigenvalue weighted by Gasteiger charge is -2.05. The Hall–Kier alpha value is -3.49. The summed E-state index contributed by atoms with van der Waals surface area (Å²) in [5, 5.41) is 11.8. The second kappa shape index (κ2) is 8.26. The summed E-state index contributed by atoms with van der Waals surface area (Å²) in [6.07, 6.45) is 0.724. The number of hydrogen-bond acceptors (Lipinski definition) is 8. The first-order valence-electron chi connectivity index (χ1n) is 8.33. The second-order valence-electron chi connectivity index (χ2n) is 5.59. The Morgan fingerprint density at radius 3 is 2.63 bits per heavy atom. The average Bonchev–Trinajstić information content (AvgIpc) is 3.17. The molecule has 0 saturated carbocycles. The largest absolute Gasteiger partial charge is 0.497 e. The van der Waals surface area contributed by atoms with E-state index >= 15 is 0 Å². The zero-order valence-electron chi connectivity index (χ0n) is 14.9. The number of ether oxygens (including phenoxy) is 2. The van der Waals surface area contributed by atoms with Gasteiger partial charge in [-0.2, -0.15) is 5.10 Å². The van der Waals surface area contributed by atoms with Crippen LogP contribution in [0.3, 0.4) is 0 Å². The van der Waals surface area contributed by atoms with Crippen molar-refractivity contribution in [3.63, 3.8) is 0 Å². The molecule has 3 rings (SSSR count). The number of carbonyl (C=O) groups is 1. The molecule has 0 fully saturated rings. The molecule has 0 saturated heterocycles. The molecule has 0 atom stereocenters. The van der Waals surface area contributed by atoms with Crippen LogP contribution in [0.2, 0.25) is 0 Å². The number of methoxy groups -OCH3 is 1. The number of aryl methyl sites for hydroxylation is 1. The van der Waals surface area contributed by atoms with Crippen LogP contribution >= 0.6 is 0 Å². The Morgan fingerprint density at radius 2 is 1.93 bits per heavy atom. The minimum Gasteiger partial charge on any atom is -0.497 e. The first-order chi connectivity index (χ1) is 13.1. The van der Waals surface area contributed by atoms with Gasteiger partial charge in [0.05, 0.1) is 7.11 Å². The number of nitrogens with zero attached hydrogens (tertiary/aromatic N) is 4.